The van der Waals surface area contributed by atoms with Crippen LogP contribution in [0.25, 0.3) is 0 Å². The van der Waals surface area contributed by atoms with Gasteiger partial charge in [0, 0.05) is 10.9 Å². The Hall–Kier alpha value is -2.01. The zero-order chi connectivity index (χ0) is 16.8. The predicted octanol–water partition coefficient (Wildman–Crippen LogP) is 4.35. The van der Waals surface area contributed by atoms with E-state index in [1.807, 2.05) is 43.3 Å². The molecule has 2 aromatic rings. The summed E-state index contributed by atoms with van der Waals surface area (Å²) in [4.78, 5) is 12.2. The highest BCUT2D eigenvalue weighted by atomic mass is 79.9. The lowest BCUT2D eigenvalue weighted by Gasteiger charge is -2.11. The summed E-state index contributed by atoms with van der Waals surface area (Å²) < 4.78 is 11.4. The molecule has 0 saturated carbocycles. The van der Waals surface area contributed by atoms with Crippen molar-refractivity contribution in [3.05, 3.63) is 52.0 Å². The largest absolute Gasteiger partial charge is 0.497 e. The third-order valence-corrected chi connectivity index (χ3v) is 4.16. The molecule has 122 valence electrons. The van der Waals surface area contributed by atoms with Gasteiger partial charge in [0.2, 0.25) is 5.91 Å². The number of anilines is 1. The van der Waals surface area contributed by atoms with Crippen LogP contribution in [0.1, 0.15) is 17.5 Å². The molecule has 0 aliphatic rings. The normalized spacial score (nSPS) is 10.3. The number of halogens is 1. The van der Waals surface area contributed by atoms with Gasteiger partial charge in [-0.2, -0.15) is 0 Å². The molecule has 2 rings (SSSR count). The van der Waals surface area contributed by atoms with E-state index in [1.165, 1.54) is 0 Å². The van der Waals surface area contributed by atoms with Crippen LogP contribution in [0.2, 0.25) is 0 Å². The van der Waals surface area contributed by atoms with Crippen LogP contribution < -0.4 is 14.8 Å². The van der Waals surface area contributed by atoms with Crippen molar-refractivity contribution in [1.82, 2.24) is 0 Å². The quantitative estimate of drug-likeness (QED) is 0.813. The van der Waals surface area contributed by atoms with E-state index < -0.39 is 0 Å². The van der Waals surface area contributed by atoms with Crippen LogP contribution in [0.5, 0.6) is 11.5 Å². The molecule has 0 saturated heterocycles. The molecule has 0 bridgehead atoms. The number of rotatable bonds is 6. The minimum Gasteiger partial charge on any atom is -0.497 e. The first kappa shape index (κ1) is 17.3. The van der Waals surface area contributed by atoms with Crippen molar-refractivity contribution < 1.29 is 14.3 Å². The van der Waals surface area contributed by atoms with Crippen LogP contribution in [0, 0.1) is 6.92 Å². The van der Waals surface area contributed by atoms with Gasteiger partial charge >= 0.3 is 0 Å². The Balaban J connectivity index is 2.01. The number of carbonyl (C=O) groups excluding carboxylic acids is 1. The van der Waals surface area contributed by atoms with Crippen LogP contribution in [0.3, 0.4) is 0 Å². The second-order valence-electron chi connectivity index (χ2n) is 5.21. The van der Waals surface area contributed by atoms with Gasteiger partial charge in [-0.3, -0.25) is 4.79 Å². The van der Waals surface area contributed by atoms with Crippen molar-refractivity contribution in [2.24, 2.45) is 0 Å². The average molecular weight is 378 g/mol. The number of aryl methyl sites for hydroxylation is 2. The molecule has 0 aliphatic carbocycles. The fraction of sp³-hybridized carbons (Fsp3) is 0.278. The van der Waals surface area contributed by atoms with E-state index in [0.29, 0.717) is 12.8 Å². The van der Waals surface area contributed by atoms with Gasteiger partial charge in [-0.25, -0.2) is 0 Å². The standard InChI is InChI=1S/C18H20BrNO3/c1-12-4-7-16(15(19)10-12)20-18(21)9-5-13-11-14(22-2)6-8-17(13)23-3/h4,6-8,10-11H,5,9H2,1-3H3,(H,20,21). The smallest absolute Gasteiger partial charge is 0.224 e. The molecule has 2 aromatic carbocycles. The minimum atomic E-state index is -0.0422. The van der Waals surface area contributed by atoms with Crippen LogP contribution in [-0.2, 0) is 11.2 Å². The summed E-state index contributed by atoms with van der Waals surface area (Å²) in [5.41, 5.74) is 2.86. The van der Waals surface area contributed by atoms with Crippen molar-refractivity contribution in [2.75, 3.05) is 19.5 Å². The van der Waals surface area contributed by atoms with Gasteiger partial charge < -0.3 is 14.8 Å². The second-order valence-corrected chi connectivity index (χ2v) is 6.06. The molecule has 4 nitrogen and oxygen atoms in total. The zero-order valence-corrected chi connectivity index (χ0v) is 15.1. The van der Waals surface area contributed by atoms with Crippen molar-refractivity contribution in [1.29, 1.82) is 0 Å². The highest BCUT2D eigenvalue weighted by molar-refractivity contribution is 9.10. The molecule has 0 aromatic heterocycles. The molecule has 0 fully saturated rings. The van der Waals surface area contributed by atoms with Gasteiger partial charge in [-0.15, -0.1) is 0 Å². The average Bonchev–Trinajstić information content (AvgIpc) is 2.55. The Labute approximate surface area is 144 Å². The summed E-state index contributed by atoms with van der Waals surface area (Å²) >= 11 is 3.46. The van der Waals surface area contributed by atoms with E-state index in [4.69, 9.17) is 9.47 Å². The number of amides is 1. The molecule has 0 spiro atoms. The van der Waals surface area contributed by atoms with Gasteiger partial charge in [0.1, 0.15) is 11.5 Å². The Morgan fingerprint density at radius 3 is 2.57 bits per heavy atom. The van der Waals surface area contributed by atoms with Crippen molar-refractivity contribution in [3.8, 4) is 11.5 Å². The lowest BCUT2D eigenvalue weighted by Crippen LogP contribution is -2.13. The zero-order valence-electron chi connectivity index (χ0n) is 13.5. The lowest BCUT2D eigenvalue weighted by molar-refractivity contribution is -0.116. The number of nitrogens with one attached hydrogen (secondary N) is 1. The van der Waals surface area contributed by atoms with Gasteiger partial charge in [0.25, 0.3) is 0 Å². The van der Waals surface area contributed by atoms with Crippen molar-refractivity contribution in [2.45, 2.75) is 19.8 Å². The molecular weight excluding hydrogens is 358 g/mol. The summed E-state index contributed by atoms with van der Waals surface area (Å²) in [5, 5.41) is 2.92. The van der Waals surface area contributed by atoms with E-state index >= 15 is 0 Å². The number of hydrogen-bond donors (Lipinski definition) is 1. The Kier molecular flexibility index (Phi) is 6.04. The topological polar surface area (TPSA) is 47.6 Å². The number of hydrogen-bond acceptors (Lipinski definition) is 3. The first-order chi connectivity index (χ1) is 11.0. The monoisotopic (exact) mass is 377 g/mol. The van der Waals surface area contributed by atoms with Crippen molar-refractivity contribution >= 4 is 27.5 Å². The summed E-state index contributed by atoms with van der Waals surface area (Å²) in [6.07, 6.45) is 0.944. The second kappa shape index (κ2) is 8.02. The van der Waals surface area contributed by atoms with Gasteiger partial charge in [-0.05, 0) is 70.7 Å². The van der Waals surface area contributed by atoms with Crippen LogP contribution in [0.4, 0.5) is 5.69 Å². The van der Waals surface area contributed by atoms with Crippen LogP contribution in [-0.4, -0.2) is 20.1 Å². The van der Waals surface area contributed by atoms with E-state index in [-0.39, 0.29) is 5.91 Å². The molecule has 0 aliphatic heterocycles. The van der Waals surface area contributed by atoms with Gasteiger partial charge in [0.15, 0.2) is 0 Å². The maximum atomic E-state index is 12.2. The fourth-order valence-electron chi connectivity index (χ4n) is 2.26. The molecule has 1 N–H and O–H groups in total. The third-order valence-electron chi connectivity index (χ3n) is 3.51. The third kappa shape index (κ3) is 4.73. The van der Waals surface area contributed by atoms with E-state index in [9.17, 15) is 4.79 Å². The summed E-state index contributed by atoms with van der Waals surface area (Å²) in [6.45, 7) is 2.01. The SMILES string of the molecule is COc1ccc(OC)c(CCC(=O)Nc2ccc(C)cc2Br)c1. The molecule has 0 heterocycles. The minimum absolute atomic E-state index is 0.0422. The Morgan fingerprint density at radius 2 is 1.91 bits per heavy atom. The highest BCUT2D eigenvalue weighted by Gasteiger charge is 2.10. The van der Waals surface area contributed by atoms with E-state index in [1.54, 1.807) is 14.2 Å². The first-order valence-electron chi connectivity index (χ1n) is 7.30. The molecule has 0 radical (unpaired) electrons. The summed E-state index contributed by atoms with van der Waals surface area (Å²) in [7, 11) is 3.24. The summed E-state index contributed by atoms with van der Waals surface area (Å²) in [5.74, 6) is 1.47. The predicted molar refractivity (Wildman–Crippen MR) is 95.4 cm³/mol. The Bertz CT molecular complexity index is 701. The Morgan fingerprint density at radius 1 is 1.13 bits per heavy atom. The lowest BCUT2D eigenvalue weighted by atomic mass is 10.1. The van der Waals surface area contributed by atoms with Gasteiger partial charge in [-0.1, -0.05) is 6.07 Å². The number of methoxy groups -OCH3 is 2. The van der Waals surface area contributed by atoms with Gasteiger partial charge in [0.05, 0.1) is 19.9 Å². The van der Waals surface area contributed by atoms with Crippen LogP contribution in [0.15, 0.2) is 40.9 Å². The fourth-order valence-corrected chi connectivity index (χ4v) is 2.85. The molecular formula is C18H20BrNO3. The van der Waals surface area contributed by atoms with Crippen molar-refractivity contribution in [3.63, 3.8) is 0 Å². The molecule has 1 amide bonds. The number of ether oxygens (including phenoxy) is 2. The van der Waals surface area contributed by atoms with Crippen LogP contribution >= 0.6 is 15.9 Å². The maximum Gasteiger partial charge on any atom is 0.224 e. The van der Waals surface area contributed by atoms with E-state index in [0.717, 1.165) is 32.8 Å². The molecule has 0 atom stereocenters. The maximum absolute atomic E-state index is 12.2. The highest BCUT2D eigenvalue weighted by Crippen LogP contribution is 2.26. The first-order valence-corrected chi connectivity index (χ1v) is 8.09. The molecule has 0 unspecified atom stereocenters. The molecule has 5 heteroatoms. The summed E-state index contributed by atoms with van der Waals surface area (Å²) in [6, 6.07) is 11.4. The molecule has 23 heavy (non-hydrogen) atoms. The van der Waals surface area contributed by atoms with E-state index in [2.05, 4.69) is 21.2 Å². The number of carbonyl (C=O) groups is 1. The number of benzene rings is 2.